The molecule has 0 radical (unpaired) electrons. The van der Waals surface area contributed by atoms with Crippen molar-refractivity contribution in [3.05, 3.63) is 30.3 Å². The Bertz CT molecular complexity index is 665. The standard InChI is InChI=1S/C20H27N3O4/c1-15(18(24)22-11-5-6-12-22)27-19(25)16-9-13-23(14-10-16)20(26)21-17-7-3-2-4-8-17/h2-4,7-8,15-16H,5-6,9-14H2,1H3,(H,21,26)/t15-/m0/s1. The van der Waals surface area contributed by atoms with Gasteiger partial charge in [-0.3, -0.25) is 9.59 Å². The van der Waals surface area contributed by atoms with Gasteiger partial charge >= 0.3 is 12.0 Å². The fourth-order valence-electron chi connectivity index (χ4n) is 3.56. The summed E-state index contributed by atoms with van der Waals surface area (Å²) in [5, 5.41) is 2.85. The Kier molecular flexibility index (Phi) is 6.32. The van der Waals surface area contributed by atoms with Crippen LogP contribution in [0.15, 0.2) is 30.3 Å². The van der Waals surface area contributed by atoms with Crippen LogP contribution in [-0.4, -0.2) is 60.0 Å². The molecule has 1 aromatic carbocycles. The minimum absolute atomic E-state index is 0.111. The van der Waals surface area contributed by atoms with Gasteiger partial charge in [-0.2, -0.15) is 0 Å². The van der Waals surface area contributed by atoms with Crippen LogP contribution in [0.2, 0.25) is 0 Å². The number of benzene rings is 1. The number of ether oxygens (including phenoxy) is 1. The predicted molar refractivity (Wildman–Crippen MR) is 101 cm³/mol. The Morgan fingerprint density at radius 2 is 1.63 bits per heavy atom. The van der Waals surface area contributed by atoms with Gasteiger partial charge in [-0.15, -0.1) is 0 Å². The number of rotatable bonds is 4. The summed E-state index contributed by atoms with van der Waals surface area (Å²) >= 11 is 0. The van der Waals surface area contributed by atoms with Gasteiger partial charge in [-0.25, -0.2) is 4.79 Å². The highest BCUT2D eigenvalue weighted by Crippen LogP contribution is 2.21. The van der Waals surface area contributed by atoms with Crippen LogP contribution < -0.4 is 5.32 Å². The maximum absolute atomic E-state index is 12.4. The van der Waals surface area contributed by atoms with E-state index in [-0.39, 0.29) is 23.8 Å². The summed E-state index contributed by atoms with van der Waals surface area (Å²) in [6, 6.07) is 9.12. The predicted octanol–water partition coefficient (Wildman–Crippen LogP) is 2.48. The lowest BCUT2D eigenvalue weighted by atomic mass is 9.97. The van der Waals surface area contributed by atoms with Crippen LogP contribution in [0.4, 0.5) is 10.5 Å². The normalized spacial score (nSPS) is 18.9. The number of urea groups is 1. The number of hydrogen-bond donors (Lipinski definition) is 1. The largest absolute Gasteiger partial charge is 0.452 e. The quantitative estimate of drug-likeness (QED) is 0.823. The molecular formula is C20H27N3O4. The van der Waals surface area contributed by atoms with E-state index in [2.05, 4.69) is 5.32 Å². The lowest BCUT2D eigenvalue weighted by Gasteiger charge is -2.31. The van der Waals surface area contributed by atoms with Gasteiger partial charge in [0.05, 0.1) is 5.92 Å². The molecule has 7 heteroatoms. The fraction of sp³-hybridized carbons (Fsp3) is 0.550. The zero-order chi connectivity index (χ0) is 19.2. The molecule has 1 N–H and O–H groups in total. The molecular weight excluding hydrogens is 346 g/mol. The number of piperidine rings is 1. The minimum atomic E-state index is -0.741. The van der Waals surface area contributed by atoms with Crippen LogP contribution in [0.5, 0.6) is 0 Å². The van der Waals surface area contributed by atoms with E-state index in [0.29, 0.717) is 25.9 Å². The van der Waals surface area contributed by atoms with Crippen molar-refractivity contribution in [2.75, 3.05) is 31.5 Å². The molecule has 0 unspecified atom stereocenters. The molecule has 27 heavy (non-hydrogen) atoms. The van der Waals surface area contributed by atoms with Crippen LogP contribution in [0.3, 0.4) is 0 Å². The average molecular weight is 373 g/mol. The summed E-state index contributed by atoms with van der Waals surface area (Å²) in [5.41, 5.74) is 0.748. The van der Waals surface area contributed by atoms with Crippen molar-refractivity contribution in [1.82, 2.24) is 9.80 Å². The molecule has 0 bridgehead atoms. The van der Waals surface area contributed by atoms with Crippen molar-refractivity contribution in [2.45, 2.75) is 38.7 Å². The second kappa shape index (κ2) is 8.88. The third-order valence-corrected chi connectivity index (χ3v) is 5.20. The second-order valence-electron chi connectivity index (χ2n) is 7.17. The third kappa shape index (κ3) is 4.99. The number of nitrogens with one attached hydrogen (secondary N) is 1. The monoisotopic (exact) mass is 373 g/mol. The van der Waals surface area contributed by atoms with Gasteiger partial charge < -0.3 is 19.9 Å². The van der Waals surface area contributed by atoms with E-state index in [9.17, 15) is 14.4 Å². The maximum atomic E-state index is 12.4. The summed E-state index contributed by atoms with van der Waals surface area (Å²) < 4.78 is 5.41. The summed E-state index contributed by atoms with van der Waals surface area (Å²) in [4.78, 5) is 40.4. The highest BCUT2D eigenvalue weighted by molar-refractivity contribution is 5.89. The average Bonchev–Trinajstić information content (AvgIpc) is 3.23. The van der Waals surface area contributed by atoms with Crippen molar-refractivity contribution in [3.63, 3.8) is 0 Å². The van der Waals surface area contributed by atoms with E-state index in [1.165, 1.54) is 0 Å². The summed E-state index contributed by atoms with van der Waals surface area (Å²) in [6.07, 6.45) is 2.37. The molecule has 0 aliphatic carbocycles. The number of esters is 1. The van der Waals surface area contributed by atoms with E-state index in [0.717, 1.165) is 31.6 Å². The maximum Gasteiger partial charge on any atom is 0.321 e. The van der Waals surface area contributed by atoms with Crippen LogP contribution in [-0.2, 0) is 14.3 Å². The first-order valence-corrected chi connectivity index (χ1v) is 9.65. The van der Waals surface area contributed by atoms with E-state index in [1.807, 2.05) is 30.3 Å². The van der Waals surface area contributed by atoms with Gasteiger partial charge in [0.1, 0.15) is 0 Å². The minimum Gasteiger partial charge on any atom is -0.452 e. The van der Waals surface area contributed by atoms with Gasteiger partial charge in [0, 0.05) is 31.9 Å². The number of likely N-dealkylation sites (tertiary alicyclic amines) is 2. The zero-order valence-corrected chi connectivity index (χ0v) is 15.7. The molecule has 146 valence electrons. The molecule has 3 rings (SSSR count). The summed E-state index contributed by atoms with van der Waals surface area (Å²) in [5.74, 6) is -0.710. The van der Waals surface area contributed by atoms with Crippen molar-refractivity contribution in [3.8, 4) is 0 Å². The van der Waals surface area contributed by atoms with E-state index in [4.69, 9.17) is 4.74 Å². The molecule has 0 saturated carbocycles. The fourth-order valence-corrected chi connectivity index (χ4v) is 3.56. The van der Waals surface area contributed by atoms with Crippen molar-refractivity contribution < 1.29 is 19.1 Å². The van der Waals surface area contributed by atoms with Crippen LogP contribution in [0, 0.1) is 5.92 Å². The van der Waals surface area contributed by atoms with Crippen molar-refractivity contribution in [2.24, 2.45) is 5.92 Å². The SMILES string of the molecule is C[C@H](OC(=O)C1CCN(C(=O)Nc2ccccc2)CC1)C(=O)N1CCCC1. The number of anilines is 1. The Balaban J connectivity index is 1.43. The van der Waals surface area contributed by atoms with E-state index < -0.39 is 6.10 Å². The Hall–Kier alpha value is -2.57. The van der Waals surface area contributed by atoms with Crippen molar-refractivity contribution >= 4 is 23.6 Å². The molecule has 1 atom stereocenters. The Morgan fingerprint density at radius 3 is 2.26 bits per heavy atom. The molecule has 0 aromatic heterocycles. The molecule has 2 fully saturated rings. The first-order chi connectivity index (χ1) is 13.0. The first kappa shape index (κ1) is 19.2. The molecule has 2 heterocycles. The molecule has 3 amide bonds. The van der Waals surface area contributed by atoms with Crippen LogP contribution in [0.1, 0.15) is 32.6 Å². The summed E-state index contributed by atoms with van der Waals surface area (Å²) in [6.45, 7) is 4.12. The first-order valence-electron chi connectivity index (χ1n) is 9.65. The van der Waals surface area contributed by atoms with Gasteiger partial charge in [0.2, 0.25) is 0 Å². The van der Waals surface area contributed by atoms with Gasteiger partial charge in [0.25, 0.3) is 5.91 Å². The third-order valence-electron chi connectivity index (χ3n) is 5.20. The lowest BCUT2D eigenvalue weighted by Crippen LogP contribution is -2.44. The number of carbonyl (C=O) groups is 3. The highest BCUT2D eigenvalue weighted by atomic mass is 16.5. The number of nitrogens with zero attached hydrogens (tertiary/aromatic N) is 2. The molecule has 1 aromatic rings. The Morgan fingerprint density at radius 1 is 1.00 bits per heavy atom. The smallest absolute Gasteiger partial charge is 0.321 e. The molecule has 7 nitrogen and oxygen atoms in total. The number of hydrogen-bond acceptors (Lipinski definition) is 4. The molecule has 2 aliphatic heterocycles. The van der Waals surface area contributed by atoms with Gasteiger partial charge in [-0.1, -0.05) is 18.2 Å². The Labute approximate surface area is 159 Å². The number of carbonyl (C=O) groups excluding carboxylic acids is 3. The van der Waals surface area contributed by atoms with Gasteiger partial charge in [0.15, 0.2) is 6.10 Å². The zero-order valence-electron chi connectivity index (χ0n) is 15.7. The van der Waals surface area contributed by atoms with Crippen molar-refractivity contribution in [1.29, 1.82) is 0 Å². The van der Waals surface area contributed by atoms with Gasteiger partial charge in [-0.05, 0) is 44.7 Å². The van der Waals surface area contributed by atoms with E-state index in [1.54, 1.807) is 16.7 Å². The molecule has 0 spiro atoms. The summed E-state index contributed by atoms with van der Waals surface area (Å²) in [7, 11) is 0. The highest BCUT2D eigenvalue weighted by Gasteiger charge is 2.32. The van der Waals surface area contributed by atoms with E-state index >= 15 is 0 Å². The van der Waals surface area contributed by atoms with Crippen LogP contribution in [0.25, 0.3) is 0 Å². The topological polar surface area (TPSA) is 79.0 Å². The number of amides is 3. The lowest BCUT2D eigenvalue weighted by molar-refractivity contribution is -0.163. The molecule has 2 aliphatic rings. The number of para-hydroxylation sites is 1. The van der Waals surface area contributed by atoms with Crippen LogP contribution >= 0.6 is 0 Å². The molecule has 2 saturated heterocycles. The second-order valence-corrected chi connectivity index (χ2v) is 7.17.